The lowest BCUT2D eigenvalue weighted by Gasteiger charge is -2.21. The Balaban J connectivity index is 2.22. The van der Waals surface area contributed by atoms with Gasteiger partial charge in [0.2, 0.25) is 0 Å². The Hall–Kier alpha value is -2.74. The largest absolute Gasteiger partial charge is 0.469 e. The van der Waals surface area contributed by atoms with Crippen LogP contribution in [0, 0.1) is 16.0 Å². The van der Waals surface area contributed by atoms with Crippen LogP contribution in [0.15, 0.2) is 43.0 Å². The fourth-order valence-electron chi connectivity index (χ4n) is 2.10. The zero-order chi connectivity index (χ0) is 16.1. The number of aromatic nitrogens is 2. The molecule has 2 atom stereocenters. The molecule has 0 saturated heterocycles. The lowest BCUT2D eigenvalue weighted by atomic mass is 9.95. The molecular formula is C14H15N3O5. The summed E-state index contributed by atoms with van der Waals surface area (Å²) in [6.07, 6.45) is 3.61. The molecule has 2 rings (SSSR count). The number of non-ortho nitro benzene ring substituents is 1. The number of hydrogen-bond donors (Lipinski definition) is 1. The third kappa shape index (κ3) is 3.47. The Kier molecular flexibility index (Phi) is 4.84. The number of aliphatic hydroxyl groups is 1. The predicted molar refractivity (Wildman–Crippen MR) is 75.8 cm³/mol. The van der Waals surface area contributed by atoms with Crippen LogP contribution in [0.3, 0.4) is 0 Å². The molecule has 0 amide bonds. The van der Waals surface area contributed by atoms with Gasteiger partial charge in [0, 0.05) is 31.1 Å². The molecule has 0 radical (unpaired) electrons. The van der Waals surface area contributed by atoms with E-state index in [-0.39, 0.29) is 12.2 Å². The lowest BCUT2D eigenvalue weighted by molar-refractivity contribution is -0.384. The number of benzene rings is 1. The van der Waals surface area contributed by atoms with Gasteiger partial charge in [0.1, 0.15) is 5.92 Å². The van der Waals surface area contributed by atoms with E-state index in [2.05, 4.69) is 4.98 Å². The molecule has 0 saturated carbocycles. The van der Waals surface area contributed by atoms with Gasteiger partial charge in [-0.25, -0.2) is 4.98 Å². The first-order valence-corrected chi connectivity index (χ1v) is 6.49. The van der Waals surface area contributed by atoms with Gasteiger partial charge in [0.15, 0.2) is 0 Å². The zero-order valence-electron chi connectivity index (χ0n) is 11.8. The summed E-state index contributed by atoms with van der Waals surface area (Å²) in [6.45, 7) is 0.185. The molecule has 2 unspecified atom stereocenters. The number of imidazole rings is 1. The number of ether oxygens (including phenoxy) is 1. The van der Waals surface area contributed by atoms with Crippen molar-refractivity contribution < 1.29 is 19.6 Å². The van der Waals surface area contributed by atoms with Crippen molar-refractivity contribution in [3.8, 4) is 0 Å². The molecule has 0 fully saturated rings. The summed E-state index contributed by atoms with van der Waals surface area (Å²) in [7, 11) is 1.24. The molecule has 2 aromatic rings. The van der Waals surface area contributed by atoms with Crippen LogP contribution in [-0.2, 0) is 16.1 Å². The third-order valence-electron chi connectivity index (χ3n) is 3.30. The molecule has 0 bridgehead atoms. The second kappa shape index (κ2) is 6.81. The van der Waals surface area contributed by atoms with Gasteiger partial charge in [-0.05, 0) is 17.7 Å². The van der Waals surface area contributed by atoms with Gasteiger partial charge in [0.25, 0.3) is 5.69 Å². The highest BCUT2D eigenvalue weighted by molar-refractivity contribution is 5.73. The summed E-state index contributed by atoms with van der Waals surface area (Å²) in [5.41, 5.74) is 0.321. The van der Waals surface area contributed by atoms with Gasteiger partial charge >= 0.3 is 5.97 Å². The van der Waals surface area contributed by atoms with E-state index in [4.69, 9.17) is 4.74 Å². The number of carbonyl (C=O) groups excluding carboxylic acids is 1. The summed E-state index contributed by atoms with van der Waals surface area (Å²) >= 11 is 0. The molecule has 1 aromatic heterocycles. The Labute approximate surface area is 126 Å². The van der Waals surface area contributed by atoms with Gasteiger partial charge in [-0.1, -0.05) is 0 Å². The molecule has 0 aliphatic carbocycles. The van der Waals surface area contributed by atoms with Crippen LogP contribution in [0.4, 0.5) is 5.69 Å². The maximum atomic E-state index is 11.9. The summed E-state index contributed by atoms with van der Waals surface area (Å²) in [5.74, 6) is -1.42. The summed E-state index contributed by atoms with van der Waals surface area (Å²) in [4.78, 5) is 25.9. The van der Waals surface area contributed by atoms with E-state index in [0.717, 1.165) is 0 Å². The van der Waals surface area contributed by atoms with E-state index >= 15 is 0 Å². The summed E-state index contributed by atoms with van der Waals surface area (Å²) in [6, 6.07) is 5.41. The first-order valence-electron chi connectivity index (χ1n) is 6.49. The second-order valence-corrected chi connectivity index (χ2v) is 4.68. The summed E-state index contributed by atoms with van der Waals surface area (Å²) < 4.78 is 6.37. The number of rotatable bonds is 6. The lowest BCUT2D eigenvalue weighted by Crippen LogP contribution is -2.27. The van der Waals surface area contributed by atoms with E-state index in [1.807, 2.05) is 0 Å². The predicted octanol–water partition coefficient (Wildman–Crippen LogP) is 1.31. The molecule has 1 heterocycles. The van der Waals surface area contributed by atoms with Crippen LogP contribution < -0.4 is 0 Å². The molecule has 1 N–H and O–H groups in total. The van der Waals surface area contributed by atoms with E-state index in [0.29, 0.717) is 5.56 Å². The van der Waals surface area contributed by atoms with Crippen molar-refractivity contribution in [3.63, 3.8) is 0 Å². The fraction of sp³-hybridized carbons (Fsp3) is 0.286. The first kappa shape index (κ1) is 15.6. The Morgan fingerprint density at radius 3 is 2.64 bits per heavy atom. The number of methoxy groups -OCH3 is 1. The minimum Gasteiger partial charge on any atom is -0.469 e. The monoisotopic (exact) mass is 305 g/mol. The Morgan fingerprint density at radius 2 is 2.14 bits per heavy atom. The number of nitrogens with zero attached hydrogens (tertiary/aromatic N) is 3. The quantitative estimate of drug-likeness (QED) is 0.490. The van der Waals surface area contributed by atoms with Crippen LogP contribution in [0.25, 0.3) is 0 Å². The third-order valence-corrected chi connectivity index (χ3v) is 3.30. The molecule has 0 spiro atoms. The molecular weight excluding hydrogens is 290 g/mol. The molecule has 8 heteroatoms. The molecule has 22 heavy (non-hydrogen) atoms. The number of hydrogen-bond acceptors (Lipinski definition) is 6. The maximum absolute atomic E-state index is 11.9. The van der Waals surface area contributed by atoms with Crippen molar-refractivity contribution in [3.05, 3.63) is 58.7 Å². The minimum atomic E-state index is -1.14. The molecule has 1 aromatic carbocycles. The van der Waals surface area contributed by atoms with Crippen LogP contribution in [0.5, 0.6) is 0 Å². The van der Waals surface area contributed by atoms with Gasteiger partial charge in [-0.15, -0.1) is 0 Å². The smallest absolute Gasteiger partial charge is 0.313 e. The van der Waals surface area contributed by atoms with Crippen LogP contribution in [0.1, 0.15) is 11.7 Å². The fourth-order valence-corrected chi connectivity index (χ4v) is 2.10. The topological polar surface area (TPSA) is 107 Å². The van der Waals surface area contributed by atoms with E-state index < -0.39 is 22.9 Å². The van der Waals surface area contributed by atoms with Crippen molar-refractivity contribution in [1.82, 2.24) is 9.55 Å². The SMILES string of the molecule is COC(=O)C(Cn1ccnc1)C(O)c1ccc([N+](=O)[O-])cc1. The van der Waals surface area contributed by atoms with E-state index in [9.17, 15) is 20.0 Å². The number of carbonyl (C=O) groups is 1. The van der Waals surface area contributed by atoms with E-state index in [1.165, 1.54) is 37.7 Å². The highest BCUT2D eigenvalue weighted by Gasteiger charge is 2.29. The van der Waals surface area contributed by atoms with E-state index in [1.54, 1.807) is 17.0 Å². The highest BCUT2D eigenvalue weighted by Crippen LogP contribution is 2.26. The van der Waals surface area contributed by atoms with Crippen molar-refractivity contribution >= 4 is 11.7 Å². The number of nitro groups is 1. The van der Waals surface area contributed by atoms with Crippen molar-refractivity contribution in [2.45, 2.75) is 12.6 Å². The number of esters is 1. The van der Waals surface area contributed by atoms with Crippen molar-refractivity contribution in [1.29, 1.82) is 0 Å². The van der Waals surface area contributed by atoms with Gasteiger partial charge in [0.05, 0.1) is 24.5 Å². The van der Waals surface area contributed by atoms with Crippen LogP contribution in [-0.4, -0.2) is 32.7 Å². The number of aliphatic hydroxyl groups excluding tert-OH is 1. The first-order chi connectivity index (χ1) is 10.5. The van der Waals surface area contributed by atoms with Crippen molar-refractivity contribution in [2.24, 2.45) is 5.92 Å². The van der Waals surface area contributed by atoms with Gasteiger partial charge < -0.3 is 14.4 Å². The Morgan fingerprint density at radius 1 is 1.45 bits per heavy atom. The molecule has 116 valence electrons. The standard InChI is InChI=1S/C14H15N3O5/c1-22-14(19)12(8-16-7-6-15-9-16)13(18)10-2-4-11(5-3-10)17(20)21/h2-7,9,12-13,18H,8H2,1H3. The van der Waals surface area contributed by atoms with Crippen LogP contribution in [0.2, 0.25) is 0 Å². The average molecular weight is 305 g/mol. The second-order valence-electron chi connectivity index (χ2n) is 4.68. The Bertz CT molecular complexity index is 639. The van der Waals surface area contributed by atoms with Crippen LogP contribution >= 0.6 is 0 Å². The zero-order valence-corrected chi connectivity index (χ0v) is 11.8. The number of nitro benzene ring substituents is 1. The average Bonchev–Trinajstić information content (AvgIpc) is 3.04. The minimum absolute atomic E-state index is 0.0832. The maximum Gasteiger partial charge on any atom is 0.313 e. The van der Waals surface area contributed by atoms with Gasteiger partial charge in [-0.2, -0.15) is 0 Å². The highest BCUT2D eigenvalue weighted by atomic mass is 16.6. The molecule has 0 aliphatic heterocycles. The van der Waals surface area contributed by atoms with Crippen molar-refractivity contribution in [2.75, 3.05) is 7.11 Å². The molecule has 0 aliphatic rings. The summed E-state index contributed by atoms with van der Waals surface area (Å²) in [5, 5.41) is 21.0. The normalized spacial score (nSPS) is 13.4. The molecule has 8 nitrogen and oxygen atoms in total. The van der Waals surface area contributed by atoms with Gasteiger partial charge in [-0.3, -0.25) is 14.9 Å².